The number of nitrogens with two attached hydrogens (primary N) is 1. The Hall–Kier alpha value is -1.89. The van der Waals surface area contributed by atoms with Crippen molar-refractivity contribution in [2.45, 2.75) is 51.8 Å². The highest BCUT2D eigenvalue weighted by Gasteiger charge is 2.25. The number of alkyl halides is 2. The van der Waals surface area contributed by atoms with E-state index in [1.807, 2.05) is 0 Å². The third-order valence-electron chi connectivity index (χ3n) is 4.08. The van der Waals surface area contributed by atoms with Crippen molar-refractivity contribution in [1.29, 1.82) is 0 Å². The van der Waals surface area contributed by atoms with Gasteiger partial charge in [0.05, 0.1) is 6.61 Å². The van der Waals surface area contributed by atoms with Gasteiger partial charge in [-0.25, -0.2) is 0 Å². The van der Waals surface area contributed by atoms with E-state index in [0.29, 0.717) is 19.6 Å². The summed E-state index contributed by atoms with van der Waals surface area (Å²) < 4.78 is 34.5. The molecule has 0 aliphatic heterocycles. The van der Waals surface area contributed by atoms with Gasteiger partial charge in [-0.3, -0.25) is 4.79 Å². The molecule has 0 spiro atoms. The summed E-state index contributed by atoms with van der Waals surface area (Å²) >= 11 is 0. The fraction of sp³-hybridized carbons (Fsp3) is 0.588. The van der Waals surface area contributed by atoms with E-state index >= 15 is 0 Å². The van der Waals surface area contributed by atoms with Crippen LogP contribution in [0.5, 0.6) is 11.5 Å². The van der Waals surface area contributed by atoms with Crippen LogP contribution in [0.2, 0.25) is 0 Å². The zero-order valence-electron chi connectivity index (χ0n) is 13.8. The normalized spacial score (nSPS) is 20.7. The molecule has 2 rings (SSSR count). The zero-order valence-corrected chi connectivity index (χ0v) is 13.8. The lowest BCUT2D eigenvalue weighted by Crippen LogP contribution is -2.37. The molecule has 0 aromatic heterocycles. The van der Waals surface area contributed by atoms with E-state index in [1.54, 1.807) is 19.1 Å². The van der Waals surface area contributed by atoms with Gasteiger partial charge in [0.2, 0.25) is 5.91 Å². The molecule has 0 radical (unpaired) electrons. The van der Waals surface area contributed by atoms with Crippen LogP contribution < -0.4 is 20.5 Å². The van der Waals surface area contributed by atoms with Crippen LogP contribution in [0.15, 0.2) is 18.2 Å². The van der Waals surface area contributed by atoms with E-state index in [-0.39, 0.29) is 29.4 Å². The molecule has 24 heavy (non-hydrogen) atoms. The number of amides is 1. The van der Waals surface area contributed by atoms with Crippen LogP contribution in [-0.4, -0.2) is 25.2 Å². The number of hydrogen-bond acceptors (Lipinski definition) is 4. The number of rotatable bonds is 7. The van der Waals surface area contributed by atoms with Crippen LogP contribution in [0.3, 0.4) is 0 Å². The molecule has 0 bridgehead atoms. The Morgan fingerprint density at radius 1 is 1.38 bits per heavy atom. The number of hydrogen-bond donors (Lipinski definition) is 2. The predicted octanol–water partition coefficient (Wildman–Crippen LogP) is 2.82. The molecule has 1 aliphatic carbocycles. The fourth-order valence-corrected chi connectivity index (χ4v) is 2.92. The van der Waals surface area contributed by atoms with Gasteiger partial charge in [0.25, 0.3) is 0 Å². The van der Waals surface area contributed by atoms with E-state index in [2.05, 4.69) is 10.1 Å². The fourth-order valence-electron chi connectivity index (χ4n) is 2.92. The molecule has 3 N–H and O–H groups in total. The lowest BCUT2D eigenvalue weighted by molar-refractivity contribution is -0.126. The number of nitrogens with one attached hydrogen (secondary N) is 1. The van der Waals surface area contributed by atoms with Crippen LogP contribution in [0.1, 0.15) is 38.2 Å². The van der Waals surface area contributed by atoms with Crippen LogP contribution in [0, 0.1) is 5.92 Å². The molecule has 0 heterocycles. The van der Waals surface area contributed by atoms with Crippen LogP contribution >= 0.6 is 0 Å². The first kappa shape index (κ1) is 18.4. The number of carbonyl (C=O) groups excluding carboxylic acids is 1. The zero-order chi connectivity index (χ0) is 17.5. The van der Waals surface area contributed by atoms with Crippen molar-refractivity contribution in [3.8, 4) is 11.5 Å². The van der Waals surface area contributed by atoms with Gasteiger partial charge in [0.15, 0.2) is 11.5 Å². The Bertz CT molecular complexity index is 555. The van der Waals surface area contributed by atoms with Crippen LogP contribution in [0.4, 0.5) is 8.78 Å². The molecular formula is C17H24F2N2O3. The molecular weight excluding hydrogens is 318 g/mol. The molecule has 1 aromatic rings. The monoisotopic (exact) mass is 342 g/mol. The average molecular weight is 342 g/mol. The summed E-state index contributed by atoms with van der Waals surface area (Å²) in [4.78, 5) is 12.2. The minimum Gasteiger partial charge on any atom is -0.490 e. The van der Waals surface area contributed by atoms with Crippen LogP contribution in [0.25, 0.3) is 0 Å². The maximum absolute atomic E-state index is 12.4. The Balaban J connectivity index is 1.96. The van der Waals surface area contributed by atoms with Gasteiger partial charge in [-0.2, -0.15) is 8.78 Å². The van der Waals surface area contributed by atoms with Crippen molar-refractivity contribution in [2.75, 3.05) is 6.61 Å². The average Bonchev–Trinajstić information content (AvgIpc) is 2.54. The molecule has 2 unspecified atom stereocenters. The van der Waals surface area contributed by atoms with E-state index in [0.717, 1.165) is 24.8 Å². The molecule has 134 valence electrons. The highest BCUT2D eigenvalue weighted by molar-refractivity contribution is 5.78. The second kappa shape index (κ2) is 8.82. The number of halogens is 2. The summed E-state index contributed by atoms with van der Waals surface area (Å²) in [5.74, 6) is 0.155. The Morgan fingerprint density at radius 2 is 2.17 bits per heavy atom. The predicted molar refractivity (Wildman–Crippen MR) is 86.0 cm³/mol. The van der Waals surface area contributed by atoms with Gasteiger partial charge in [0.1, 0.15) is 0 Å². The van der Waals surface area contributed by atoms with E-state index in [9.17, 15) is 13.6 Å². The molecule has 1 saturated carbocycles. The summed E-state index contributed by atoms with van der Waals surface area (Å²) in [5, 5.41) is 2.88. The standard InChI is InChI=1S/C17H24F2N2O3/c1-2-23-15-8-11(6-7-14(15)24-17(18)19)10-21-16(22)12-4-3-5-13(20)9-12/h6-8,12-13,17H,2-5,9-10,20H2,1H3,(H,21,22). The summed E-state index contributed by atoms with van der Waals surface area (Å²) in [5.41, 5.74) is 6.67. The van der Waals surface area contributed by atoms with Gasteiger partial charge in [0, 0.05) is 18.5 Å². The third kappa shape index (κ3) is 5.33. The smallest absolute Gasteiger partial charge is 0.387 e. The minimum atomic E-state index is -2.91. The summed E-state index contributed by atoms with van der Waals surface area (Å²) in [6.07, 6.45) is 3.49. The van der Waals surface area contributed by atoms with Gasteiger partial charge in [-0.15, -0.1) is 0 Å². The number of carbonyl (C=O) groups is 1. The molecule has 5 nitrogen and oxygen atoms in total. The summed E-state index contributed by atoms with van der Waals surface area (Å²) in [7, 11) is 0. The minimum absolute atomic E-state index is 0.0137. The maximum atomic E-state index is 12.4. The van der Waals surface area contributed by atoms with Crippen molar-refractivity contribution in [3.05, 3.63) is 23.8 Å². The van der Waals surface area contributed by atoms with Gasteiger partial charge in [-0.1, -0.05) is 12.5 Å². The Labute approximate surface area is 140 Å². The van der Waals surface area contributed by atoms with E-state index in [4.69, 9.17) is 10.5 Å². The first-order chi connectivity index (χ1) is 11.5. The first-order valence-corrected chi connectivity index (χ1v) is 8.23. The highest BCUT2D eigenvalue weighted by atomic mass is 19.3. The van der Waals surface area contributed by atoms with Crippen molar-refractivity contribution >= 4 is 5.91 Å². The van der Waals surface area contributed by atoms with Gasteiger partial charge in [-0.05, 0) is 43.9 Å². The summed E-state index contributed by atoms with van der Waals surface area (Å²) in [6, 6.07) is 4.75. The summed E-state index contributed by atoms with van der Waals surface area (Å²) in [6.45, 7) is -0.521. The Morgan fingerprint density at radius 3 is 2.83 bits per heavy atom. The number of ether oxygens (including phenoxy) is 2. The van der Waals surface area contributed by atoms with Crippen molar-refractivity contribution in [1.82, 2.24) is 5.32 Å². The van der Waals surface area contributed by atoms with E-state index < -0.39 is 6.61 Å². The molecule has 7 heteroatoms. The topological polar surface area (TPSA) is 73.6 Å². The lowest BCUT2D eigenvalue weighted by Gasteiger charge is -2.25. The Kier molecular flexibility index (Phi) is 6.78. The third-order valence-corrected chi connectivity index (χ3v) is 4.08. The molecule has 1 aliphatic rings. The first-order valence-electron chi connectivity index (χ1n) is 8.23. The molecule has 1 amide bonds. The second-order valence-corrected chi connectivity index (χ2v) is 5.93. The van der Waals surface area contributed by atoms with E-state index in [1.165, 1.54) is 6.07 Å². The maximum Gasteiger partial charge on any atom is 0.387 e. The van der Waals surface area contributed by atoms with Crippen molar-refractivity contribution in [3.63, 3.8) is 0 Å². The quantitative estimate of drug-likeness (QED) is 0.799. The molecule has 1 aromatic carbocycles. The van der Waals surface area contributed by atoms with Crippen molar-refractivity contribution in [2.24, 2.45) is 11.7 Å². The second-order valence-electron chi connectivity index (χ2n) is 5.93. The number of benzene rings is 1. The molecule has 2 atom stereocenters. The largest absolute Gasteiger partial charge is 0.490 e. The van der Waals surface area contributed by atoms with Gasteiger partial charge < -0.3 is 20.5 Å². The molecule has 0 saturated heterocycles. The molecule has 1 fully saturated rings. The highest BCUT2D eigenvalue weighted by Crippen LogP contribution is 2.30. The van der Waals surface area contributed by atoms with Crippen LogP contribution in [-0.2, 0) is 11.3 Å². The lowest BCUT2D eigenvalue weighted by atomic mass is 9.85. The SMILES string of the molecule is CCOc1cc(CNC(=O)C2CCCC(N)C2)ccc1OC(F)F. The van der Waals surface area contributed by atoms with Gasteiger partial charge >= 0.3 is 6.61 Å². The van der Waals surface area contributed by atoms with Crippen molar-refractivity contribution < 1.29 is 23.0 Å².